The summed E-state index contributed by atoms with van der Waals surface area (Å²) in [6, 6.07) is 0. The smallest absolute Gasteiger partial charge is 0.251 e. The van der Waals surface area contributed by atoms with Crippen LogP contribution in [0.3, 0.4) is 0 Å². The maximum atomic E-state index is 11.1. The number of sulfonamides is 1. The van der Waals surface area contributed by atoms with E-state index in [1.807, 2.05) is 38.0 Å². The average Bonchev–Trinajstić information content (AvgIpc) is 2.08. The van der Waals surface area contributed by atoms with Crippen LogP contribution >= 0.6 is 11.8 Å². The normalized spacial score (nSPS) is 12.2. The molecule has 94 valence electrons. The summed E-state index contributed by atoms with van der Waals surface area (Å²) >= 11 is 1.30. The first kappa shape index (κ1) is 15.3. The molecule has 16 heavy (non-hydrogen) atoms. The van der Waals surface area contributed by atoms with Gasteiger partial charge in [0, 0.05) is 34.3 Å². The monoisotopic (exact) mass is 265 g/mol. The maximum Gasteiger partial charge on any atom is 0.251 e. The number of nitrogens with zero attached hydrogens (tertiary/aromatic N) is 3. The average molecular weight is 265 g/mol. The highest BCUT2D eigenvalue weighted by Crippen LogP contribution is 2.09. The van der Waals surface area contributed by atoms with Crippen molar-refractivity contribution in [3.63, 3.8) is 0 Å². The van der Waals surface area contributed by atoms with Crippen LogP contribution in [0.2, 0.25) is 0 Å². The van der Waals surface area contributed by atoms with Gasteiger partial charge in [0.2, 0.25) is 0 Å². The molecule has 0 saturated carbocycles. The first-order valence-corrected chi connectivity index (χ1v) is 7.65. The molecule has 0 fully saturated rings. The van der Waals surface area contributed by atoms with Crippen molar-refractivity contribution in [2.45, 2.75) is 0 Å². The summed E-state index contributed by atoms with van der Waals surface area (Å²) in [5.74, 6) is 0.886. The molecule has 0 heterocycles. The molecule has 0 aliphatic rings. The lowest BCUT2D eigenvalue weighted by molar-refractivity contribution is 0.344. The summed E-state index contributed by atoms with van der Waals surface area (Å²) in [7, 11) is 4.23. The van der Waals surface area contributed by atoms with Crippen LogP contribution in [-0.4, -0.2) is 64.0 Å². The Morgan fingerprint density at radius 3 is 1.88 bits per heavy atom. The lowest BCUT2D eigenvalue weighted by Gasteiger charge is -2.24. The molecule has 0 aliphatic heterocycles. The number of thioether (sulfide) groups is 1. The molecule has 0 amide bonds. The van der Waals surface area contributed by atoms with E-state index in [1.54, 1.807) is 12.3 Å². The Kier molecular flexibility index (Phi) is 5.88. The lowest BCUT2D eigenvalue weighted by atomic mass is 10.5. The summed E-state index contributed by atoms with van der Waals surface area (Å²) in [5.41, 5.74) is 0. The molecule has 0 atom stereocenters. The van der Waals surface area contributed by atoms with E-state index < -0.39 is 10.0 Å². The van der Waals surface area contributed by atoms with E-state index in [4.69, 9.17) is 0 Å². The van der Waals surface area contributed by atoms with Gasteiger partial charge >= 0.3 is 0 Å². The van der Waals surface area contributed by atoms with Gasteiger partial charge in [-0.15, -0.1) is 11.8 Å². The molecular formula is C9H19N3O2S2. The van der Waals surface area contributed by atoms with Gasteiger partial charge in [-0.3, -0.25) is 0 Å². The van der Waals surface area contributed by atoms with Gasteiger partial charge in [0.25, 0.3) is 10.0 Å². The fourth-order valence-electron chi connectivity index (χ4n) is 1.05. The summed E-state index contributed by atoms with van der Waals surface area (Å²) in [5, 5.41) is 0.472. The molecular weight excluding hydrogens is 246 g/mol. The predicted octanol–water partition coefficient (Wildman–Crippen LogP) is 0.672. The highest BCUT2D eigenvalue weighted by molar-refractivity contribution is 8.14. The summed E-state index contributed by atoms with van der Waals surface area (Å²) in [6.45, 7) is 0. The van der Waals surface area contributed by atoms with Crippen LogP contribution in [0.15, 0.2) is 16.3 Å². The maximum absolute atomic E-state index is 11.1. The van der Waals surface area contributed by atoms with Gasteiger partial charge < -0.3 is 9.80 Å². The minimum absolute atomic E-state index is 0.472. The highest BCUT2D eigenvalue weighted by Gasteiger charge is 2.06. The second kappa shape index (κ2) is 6.15. The minimum Gasteiger partial charge on any atom is -0.364 e. The van der Waals surface area contributed by atoms with Crippen molar-refractivity contribution in [3.05, 3.63) is 11.9 Å². The molecule has 0 radical (unpaired) electrons. The van der Waals surface area contributed by atoms with Crippen molar-refractivity contribution in [2.75, 3.05) is 40.7 Å². The van der Waals surface area contributed by atoms with E-state index in [9.17, 15) is 8.42 Å². The van der Waals surface area contributed by atoms with Crippen LogP contribution < -0.4 is 0 Å². The Morgan fingerprint density at radius 1 is 1.19 bits per heavy atom. The number of rotatable bonds is 4. The van der Waals surface area contributed by atoms with Gasteiger partial charge in [-0.25, -0.2) is 8.42 Å². The quantitative estimate of drug-likeness (QED) is 0.552. The van der Waals surface area contributed by atoms with Crippen LogP contribution in [-0.2, 0) is 10.0 Å². The fraction of sp³-hybridized carbons (Fsp3) is 0.667. The zero-order chi connectivity index (χ0) is 12.9. The summed E-state index contributed by atoms with van der Waals surface area (Å²) < 4.78 is 25.8. The molecule has 0 bridgehead atoms. The Hall–Kier alpha value is -0.690. The Morgan fingerprint density at radius 2 is 1.62 bits per heavy atom. The van der Waals surface area contributed by atoms with Gasteiger partial charge in [-0.1, -0.05) is 0 Å². The van der Waals surface area contributed by atoms with Gasteiger partial charge in [0.15, 0.2) is 0 Å². The SMILES string of the molecule is CSC(C=C(N(C)C)N(C)C)=NS(C)(=O)=O. The fourth-order valence-corrected chi connectivity index (χ4v) is 2.36. The third kappa shape index (κ3) is 6.02. The van der Waals surface area contributed by atoms with Crippen molar-refractivity contribution < 1.29 is 8.42 Å². The van der Waals surface area contributed by atoms with E-state index in [1.165, 1.54) is 11.8 Å². The Bertz CT molecular complexity index is 374. The van der Waals surface area contributed by atoms with Crippen molar-refractivity contribution in [1.82, 2.24) is 9.80 Å². The molecule has 0 aromatic rings. The van der Waals surface area contributed by atoms with Gasteiger partial charge in [-0.05, 0) is 6.26 Å². The largest absolute Gasteiger partial charge is 0.364 e. The van der Waals surface area contributed by atoms with E-state index in [0.717, 1.165) is 12.1 Å². The molecule has 0 saturated heterocycles. The second-order valence-corrected chi connectivity index (χ2v) is 6.13. The Labute approximate surface area is 102 Å². The van der Waals surface area contributed by atoms with Gasteiger partial charge in [0.05, 0.1) is 6.26 Å². The van der Waals surface area contributed by atoms with Crippen molar-refractivity contribution in [3.8, 4) is 0 Å². The van der Waals surface area contributed by atoms with Crippen LogP contribution in [0.1, 0.15) is 0 Å². The third-order valence-electron chi connectivity index (χ3n) is 1.63. The van der Waals surface area contributed by atoms with E-state index in [-0.39, 0.29) is 0 Å². The highest BCUT2D eigenvalue weighted by atomic mass is 32.2. The van der Waals surface area contributed by atoms with Crippen LogP contribution in [0.5, 0.6) is 0 Å². The minimum atomic E-state index is -3.35. The summed E-state index contributed by atoms with van der Waals surface area (Å²) in [6.07, 6.45) is 4.62. The van der Waals surface area contributed by atoms with E-state index in [2.05, 4.69) is 4.40 Å². The van der Waals surface area contributed by atoms with Crippen molar-refractivity contribution >= 4 is 26.8 Å². The van der Waals surface area contributed by atoms with Gasteiger partial charge in [-0.2, -0.15) is 4.40 Å². The first-order chi connectivity index (χ1) is 7.17. The molecule has 0 aromatic heterocycles. The molecule has 0 spiro atoms. The number of hydrogen-bond acceptors (Lipinski definition) is 5. The van der Waals surface area contributed by atoms with Crippen LogP contribution in [0.4, 0.5) is 0 Å². The molecule has 7 heteroatoms. The molecule has 0 N–H and O–H groups in total. The number of hydrogen-bond donors (Lipinski definition) is 0. The lowest BCUT2D eigenvalue weighted by Crippen LogP contribution is -2.25. The molecule has 0 aliphatic carbocycles. The topological polar surface area (TPSA) is 53.0 Å². The standard InChI is InChI=1S/C9H19N3O2S2/c1-11(2)9(12(3)4)7-8(15-5)10-16(6,13)14/h7H,1-6H3. The van der Waals surface area contributed by atoms with E-state index >= 15 is 0 Å². The van der Waals surface area contributed by atoms with Crippen molar-refractivity contribution in [1.29, 1.82) is 0 Å². The zero-order valence-corrected chi connectivity index (χ0v) is 12.2. The second-order valence-electron chi connectivity index (χ2n) is 3.66. The van der Waals surface area contributed by atoms with E-state index in [0.29, 0.717) is 5.04 Å². The molecule has 0 aromatic carbocycles. The van der Waals surface area contributed by atoms with Gasteiger partial charge in [0.1, 0.15) is 10.9 Å². The Balaban J connectivity index is 5.29. The van der Waals surface area contributed by atoms with Crippen LogP contribution in [0.25, 0.3) is 0 Å². The summed E-state index contributed by atoms with van der Waals surface area (Å²) in [4.78, 5) is 3.79. The zero-order valence-electron chi connectivity index (χ0n) is 10.6. The predicted molar refractivity (Wildman–Crippen MR) is 71.3 cm³/mol. The van der Waals surface area contributed by atoms with Crippen molar-refractivity contribution in [2.24, 2.45) is 4.40 Å². The van der Waals surface area contributed by atoms with Crippen LogP contribution in [0, 0.1) is 0 Å². The third-order valence-corrected chi connectivity index (χ3v) is 2.91. The molecule has 5 nitrogen and oxygen atoms in total. The molecule has 0 rings (SSSR count). The first-order valence-electron chi connectivity index (χ1n) is 4.57. The molecule has 0 unspecified atom stereocenters.